The Labute approximate surface area is 91.9 Å². The predicted molar refractivity (Wildman–Crippen MR) is 61.6 cm³/mol. The van der Waals surface area contributed by atoms with Crippen molar-refractivity contribution in [2.45, 2.75) is 46.6 Å². The monoisotopic (exact) mass is 210 g/mol. The van der Waals surface area contributed by atoms with Crippen molar-refractivity contribution in [1.29, 1.82) is 0 Å². The van der Waals surface area contributed by atoms with Crippen LogP contribution in [0.4, 0.5) is 0 Å². The van der Waals surface area contributed by atoms with Crippen molar-refractivity contribution in [3.05, 3.63) is 11.6 Å². The molecule has 4 nitrogen and oxygen atoms in total. The van der Waals surface area contributed by atoms with Gasteiger partial charge in [-0.25, -0.2) is 0 Å². The van der Waals surface area contributed by atoms with Crippen LogP contribution in [0.3, 0.4) is 0 Å². The van der Waals surface area contributed by atoms with E-state index in [0.29, 0.717) is 5.92 Å². The maximum absolute atomic E-state index is 5.60. The highest BCUT2D eigenvalue weighted by Crippen LogP contribution is 2.09. The molecule has 0 aliphatic rings. The molecule has 4 heteroatoms. The standard InChI is InChI=1S/C11H22N4/c1-4-7-15-10(3)13-14-11(15)6-5-9(2)8-12/h9H,4-8,12H2,1-3H3. The molecule has 1 heterocycles. The molecule has 1 atom stereocenters. The van der Waals surface area contributed by atoms with Crippen LogP contribution in [0, 0.1) is 12.8 Å². The van der Waals surface area contributed by atoms with Gasteiger partial charge >= 0.3 is 0 Å². The van der Waals surface area contributed by atoms with Crippen LogP contribution in [0.2, 0.25) is 0 Å². The molecule has 0 amide bonds. The van der Waals surface area contributed by atoms with Gasteiger partial charge in [0.2, 0.25) is 0 Å². The molecule has 0 aliphatic carbocycles. The van der Waals surface area contributed by atoms with Crippen LogP contribution < -0.4 is 5.73 Å². The minimum Gasteiger partial charge on any atom is -0.330 e. The van der Waals surface area contributed by atoms with Gasteiger partial charge in [0, 0.05) is 13.0 Å². The zero-order chi connectivity index (χ0) is 11.3. The van der Waals surface area contributed by atoms with Crippen molar-refractivity contribution in [1.82, 2.24) is 14.8 Å². The fourth-order valence-electron chi connectivity index (χ4n) is 1.62. The van der Waals surface area contributed by atoms with Crippen LogP contribution in [0.5, 0.6) is 0 Å². The van der Waals surface area contributed by atoms with E-state index < -0.39 is 0 Å². The summed E-state index contributed by atoms with van der Waals surface area (Å²) in [7, 11) is 0. The van der Waals surface area contributed by atoms with Gasteiger partial charge in [0.25, 0.3) is 0 Å². The van der Waals surface area contributed by atoms with Gasteiger partial charge in [-0.15, -0.1) is 10.2 Å². The minimum absolute atomic E-state index is 0.567. The Hall–Kier alpha value is -0.900. The van der Waals surface area contributed by atoms with Crippen molar-refractivity contribution < 1.29 is 0 Å². The molecule has 1 aromatic rings. The molecule has 1 unspecified atom stereocenters. The normalized spacial score (nSPS) is 13.1. The molecule has 0 bridgehead atoms. The molecule has 1 aromatic heterocycles. The first kappa shape index (κ1) is 12.2. The van der Waals surface area contributed by atoms with Crippen LogP contribution in [0.15, 0.2) is 0 Å². The van der Waals surface area contributed by atoms with Gasteiger partial charge in [0.1, 0.15) is 11.6 Å². The first-order valence-corrected chi connectivity index (χ1v) is 5.77. The van der Waals surface area contributed by atoms with Crippen molar-refractivity contribution >= 4 is 0 Å². The van der Waals surface area contributed by atoms with Crippen molar-refractivity contribution in [2.24, 2.45) is 11.7 Å². The Morgan fingerprint density at radius 2 is 2.13 bits per heavy atom. The molecule has 0 saturated heterocycles. The quantitative estimate of drug-likeness (QED) is 0.774. The molecule has 0 aliphatic heterocycles. The van der Waals surface area contributed by atoms with Gasteiger partial charge < -0.3 is 10.3 Å². The summed E-state index contributed by atoms with van der Waals surface area (Å²) >= 11 is 0. The van der Waals surface area contributed by atoms with Gasteiger partial charge in [-0.05, 0) is 32.2 Å². The van der Waals surface area contributed by atoms with Crippen molar-refractivity contribution in [3.8, 4) is 0 Å². The van der Waals surface area contributed by atoms with Gasteiger partial charge in [-0.3, -0.25) is 0 Å². The summed E-state index contributed by atoms with van der Waals surface area (Å²) in [6.45, 7) is 8.13. The number of nitrogens with two attached hydrogens (primary N) is 1. The minimum atomic E-state index is 0.567. The second-order valence-corrected chi connectivity index (χ2v) is 4.19. The smallest absolute Gasteiger partial charge is 0.133 e. The first-order valence-electron chi connectivity index (χ1n) is 5.77. The lowest BCUT2D eigenvalue weighted by Gasteiger charge is -2.09. The van der Waals surface area contributed by atoms with Gasteiger partial charge in [0.05, 0.1) is 0 Å². The van der Waals surface area contributed by atoms with Gasteiger partial charge in [0.15, 0.2) is 0 Å². The third-order valence-electron chi connectivity index (χ3n) is 2.72. The van der Waals surface area contributed by atoms with E-state index in [1.807, 2.05) is 6.92 Å². The van der Waals surface area contributed by atoms with Crippen LogP contribution in [0.25, 0.3) is 0 Å². The Bertz CT molecular complexity index is 293. The number of hydrogen-bond acceptors (Lipinski definition) is 3. The summed E-state index contributed by atoms with van der Waals surface area (Å²) in [6.07, 6.45) is 3.20. The number of nitrogens with zero attached hydrogens (tertiary/aromatic N) is 3. The van der Waals surface area contributed by atoms with Crippen molar-refractivity contribution in [2.75, 3.05) is 6.54 Å². The Kier molecular flexibility index (Phi) is 4.75. The largest absolute Gasteiger partial charge is 0.330 e. The maximum Gasteiger partial charge on any atom is 0.133 e. The molecular weight excluding hydrogens is 188 g/mol. The van der Waals surface area contributed by atoms with E-state index in [4.69, 9.17) is 5.73 Å². The number of aryl methyl sites for hydroxylation is 2. The molecule has 15 heavy (non-hydrogen) atoms. The van der Waals surface area contributed by atoms with Crippen molar-refractivity contribution in [3.63, 3.8) is 0 Å². The maximum atomic E-state index is 5.60. The summed E-state index contributed by atoms with van der Waals surface area (Å²) in [5.41, 5.74) is 5.60. The molecule has 2 N–H and O–H groups in total. The van der Waals surface area contributed by atoms with E-state index >= 15 is 0 Å². The third kappa shape index (κ3) is 3.30. The van der Waals surface area contributed by atoms with E-state index in [1.54, 1.807) is 0 Å². The molecule has 0 fully saturated rings. The Morgan fingerprint density at radius 1 is 1.40 bits per heavy atom. The summed E-state index contributed by atoms with van der Waals surface area (Å²) in [5, 5.41) is 8.33. The fraction of sp³-hybridized carbons (Fsp3) is 0.818. The van der Waals surface area contributed by atoms with Crippen LogP contribution >= 0.6 is 0 Å². The van der Waals surface area contributed by atoms with Crippen LogP contribution in [0.1, 0.15) is 38.3 Å². The highest BCUT2D eigenvalue weighted by atomic mass is 15.3. The summed E-state index contributed by atoms with van der Waals surface area (Å²) in [6, 6.07) is 0. The summed E-state index contributed by atoms with van der Waals surface area (Å²) in [4.78, 5) is 0. The summed E-state index contributed by atoms with van der Waals surface area (Å²) in [5.74, 6) is 2.69. The molecule has 0 radical (unpaired) electrons. The Balaban J connectivity index is 2.60. The zero-order valence-corrected chi connectivity index (χ0v) is 10.0. The van der Waals surface area contributed by atoms with Gasteiger partial charge in [-0.2, -0.15) is 0 Å². The lowest BCUT2D eigenvalue weighted by molar-refractivity contribution is 0.518. The third-order valence-corrected chi connectivity index (χ3v) is 2.72. The molecule has 86 valence electrons. The fourth-order valence-corrected chi connectivity index (χ4v) is 1.62. The highest BCUT2D eigenvalue weighted by Gasteiger charge is 2.09. The van der Waals surface area contributed by atoms with E-state index in [-0.39, 0.29) is 0 Å². The zero-order valence-electron chi connectivity index (χ0n) is 10.0. The van der Waals surface area contributed by atoms with Crippen LogP contribution in [-0.4, -0.2) is 21.3 Å². The van der Waals surface area contributed by atoms with E-state index in [0.717, 1.165) is 44.0 Å². The second-order valence-electron chi connectivity index (χ2n) is 4.19. The SMILES string of the molecule is CCCn1c(C)nnc1CCC(C)CN. The van der Waals surface area contributed by atoms with E-state index in [9.17, 15) is 0 Å². The van der Waals surface area contributed by atoms with E-state index in [1.165, 1.54) is 0 Å². The lowest BCUT2D eigenvalue weighted by Crippen LogP contribution is -2.13. The number of hydrogen-bond donors (Lipinski definition) is 1. The van der Waals surface area contributed by atoms with Gasteiger partial charge in [-0.1, -0.05) is 13.8 Å². The average molecular weight is 210 g/mol. The molecule has 1 rings (SSSR count). The lowest BCUT2D eigenvalue weighted by atomic mass is 10.1. The molecule has 0 spiro atoms. The first-order chi connectivity index (χ1) is 7.19. The number of rotatable bonds is 6. The average Bonchev–Trinajstić information content (AvgIpc) is 2.58. The topological polar surface area (TPSA) is 56.7 Å². The second kappa shape index (κ2) is 5.85. The predicted octanol–water partition coefficient (Wildman–Crippen LogP) is 1.52. The summed E-state index contributed by atoms with van der Waals surface area (Å²) < 4.78 is 2.21. The van der Waals surface area contributed by atoms with Crippen LogP contribution in [-0.2, 0) is 13.0 Å². The van der Waals surface area contributed by atoms with E-state index in [2.05, 4.69) is 28.6 Å². The Morgan fingerprint density at radius 3 is 2.73 bits per heavy atom. The highest BCUT2D eigenvalue weighted by molar-refractivity contribution is 4.94. The molecular formula is C11H22N4. The molecule has 0 aromatic carbocycles. The number of aromatic nitrogens is 3. The molecule has 0 saturated carbocycles.